The summed E-state index contributed by atoms with van der Waals surface area (Å²) in [7, 11) is -5.07. The molecule has 0 saturated carbocycles. The Balaban J connectivity index is 2.37. The van der Waals surface area contributed by atoms with E-state index < -0.39 is 59.8 Å². The summed E-state index contributed by atoms with van der Waals surface area (Å²) in [6, 6.07) is 0. The van der Waals surface area contributed by atoms with Crippen LogP contribution >= 0.6 is 0 Å². The minimum atomic E-state index is -5.07. The van der Waals surface area contributed by atoms with E-state index in [1.165, 1.54) is 89.9 Å². The van der Waals surface area contributed by atoms with E-state index in [1.54, 1.807) is 0 Å². The molecule has 0 amide bonds. The second kappa shape index (κ2) is 44.0. The van der Waals surface area contributed by atoms with Crippen LogP contribution in [0.15, 0.2) is 60.8 Å². The summed E-state index contributed by atoms with van der Waals surface area (Å²) in [5.74, 6) is -0.404. The molecule has 13 heteroatoms. The largest absolute Gasteiger partial charge is 0.457 e. The third kappa shape index (κ3) is 36.8. The second-order valence-electron chi connectivity index (χ2n) is 17.7. The van der Waals surface area contributed by atoms with E-state index in [9.17, 15) is 33.1 Å². The number of esters is 1. The molecule has 1 fully saturated rings. The monoisotopic (exact) mass is 955 g/mol. The van der Waals surface area contributed by atoms with Crippen LogP contribution in [0.5, 0.6) is 0 Å². The van der Waals surface area contributed by atoms with Gasteiger partial charge in [0.05, 0.1) is 19.8 Å². The van der Waals surface area contributed by atoms with Gasteiger partial charge in [0, 0.05) is 13.0 Å². The van der Waals surface area contributed by atoms with E-state index >= 15 is 0 Å². The molecule has 0 aromatic carbocycles. The summed E-state index contributed by atoms with van der Waals surface area (Å²) in [4.78, 5) is 12.9. The summed E-state index contributed by atoms with van der Waals surface area (Å²) in [5, 5.41) is 30.8. The van der Waals surface area contributed by atoms with E-state index in [0.29, 0.717) is 13.0 Å². The molecule has 0 bridgehead atoms. The molecule has 1 saturated heterocycles. The molecule has 0 aromatic heterocycles. The number of carbonyl (C=O) groups is 1. The summed E-state index contributed by atoms with van der Waals surface area (Å²) in [6.07, 6.45) is 46.8. The average molecular weight is 955 g/mol. The van der Waals surface area contributed by atoms with Crippen molar-refractivity contribution < 1.29 is 56.2 Å². The molecule has 0 aliphatic carbocycles. The molecule has 4 N–H and O–H groups in total. The first-order valence-corrected chi connectivity index (χ1v) is 27.4. The van der Waals surface area contributed by atoms with E-state index in [2.05, 4.69) is 78.8 Å². The summed E-state index contributed by atoms with van der Waals surface area (Å²) < 4.78 is 59.3. The molecule has 6 atom stereocenters. The number of rotatable bonds is 45. The zero-order valence-electron chi connectivity index (χ0n) is 41.2. The van der Waals surface area contributed by atoms with Crippen LogP contribution in [0.1, 0.15) is 206 Å². The van der Waals surface area contributed by atoms with Crippen molar-refractivity contribution in [1.29, 1.82) is 0 Å². The van der Waals surface area contributed by atoms with Crippen LogP contribution in [0.25, 0.3) is 0 Å². The van der Waals surface area contributed by atoms with Crippen LogP contribution < -0.4 is 0 Å². The first-order valence-electron chi connectivity index (χ1n) is 26.0. The van der Waals surface area contributed by atoms with E-state index in [-0.39, 0.29) is 19.6 Å². The Morgan fingerprint density at radius 3 is 1.53 bits per heavy atom. The van der Waals surface area contributed by atoms with Gasteiger partial charge in [-0.05, 0) is 57.8 Å². The number of ether oxygens (including phenoxy) is 4. The molecular weight excluding hydrogens is 861 g/mol. The number of carbonyl (C=O) groups excluding carboxylic acids is 1. The van der Waals surface area contributed by atoms with Crippen molar-refractivity contribution in [2.45, 2.75) is 243 Å². The summed E-state index contributed by atoms with van der Waals surface area (Å²) in [6.45, 7) is 3.86. The van der Waals surface area contributed by atoms with E-state index in [0.717, 1.165) is 89.9 Å². The lowest BCUT2D eigenvalue weighted by atomic mass is 9.99. The minimum absolute atomic E-state index is 0.0256. The highest BCUT2D eigenvalue weighted by Gasteiger charge is 2.48. The predicted octanol–water partition coefficient (Wildman–Crippen LogP) is 12.1. The fraction of sp³-hybridized carbons (Fsp3) is 0.792. The third-order valence-corrected chi connectivity index (χ3v) is 12.1. The highest BCUT2D eigenvalue weighted by molar-refractivity contribution is 7.80. The molecule has 0 radical (unpaired) electrons. The zero-order chi connectivity index (χ0) is 48.2. The number of hydrogen-bond donors (Lipinski definition) is 4. The van der Waals surface area contributed by atoms with Crippen LogP contribution in [-0.2, 0) is 38.3 Å². The van der Waals surface area contributed by atoms with E-state index in [1.807, 2.05) is 0 Å². The molecule has 1 aliphatic rings. The first kappa shape index (κ1) is 61.8. The minimum Gasteiger partial charge on any atom is -0.457 e. The maximum Gasteiger partial charge on any atom is 0.397 e. The average Bonchev–Trinajstić information content (AvgIpc) is 3.29. The number of aliphatic hydroxyl groups is 3. The maximum atomic E-state index is 12.9. The number of hydrogen-bond acceptors (Lipinski definition) is 11. The molecule has 1 rings (SSSR count). The van der Waals surface area contributed by atoms with Crippen molar-refractivity contribution in [2.24, 2.45) is 0 Å². The Morgan fingerprint density at radius 2 is 1.05 bits per heavy atom. The first-order chi connectivity index (χ1) is 32.1. The highest BCUT2D eigenvalue weighted by Crippen LogP contribution is 2.26. The van der Waals surface area contributed by atoms with Crippen LogP contribution in [0.2, 0.25) is 0 Å². The van der Waals surface area contributed by atoms with Crippen LogP contribution in [0, 0.1) is 0 Å². The molecule has 12 nitrogen and oxygen atoms in total. The van der Waals surface area contributed by atoms with Gasteiger partial charge in [-0.2, -0.15) is 8.42 Å². The van der Waals surface area contributed by atoms with Crippen molar-refractivity contribution >= 4 is 16.4 Å². The quantitative estimate of drug-likeness (QED) is 0.0197. The lowest BCUT2D eigenvalue weighted by Crippen LogP contribution is -2.60. The van der Waals surface area contributed by atoms with Gasteiger partial charge in [0.25, 0.3) is 0 Å². The van der Waals surface area contributed by atoms with Gasteiger partial charge < -0.3 is 34.3 Å². The number of allylic oxidation sites excluding steroid dienone is 10. The Kier molecular flexibility index (Phi) is 41.2. The number of unbranched alkanes of at least 4 members (excludes halogenated alkanes) is 22. The van der Waals surface area contributed by atoms with Gasteiger partial charge in [-0.25, -0.2) is 4.18 Å². The Morgan fingerprint density at radius 1 is 0.591 bits per heavy atom. The van der Waals surface area contributed by atoms with Crippen molar-refractivity contribution in [3.8, 4) is 0 Å². The Hall–Kier alpha value is -2.20. The van der Waals surface area contributed by atoms with Gasteiger partial charge in [0.1, 0.15) is 30.5 Å². The van der Waals surface area contributed by atoms with Crippen LogP contribution in [0.4, 0.5) is 0 Å². The Bertz CT molecular complexity index is 1380. The van der Waals surface area contributed by atoms with Gasteiger partial charge in [0.2, 0.25) is 0 Å². The molecule has 0 aromatic rings. The lowest BCUT2D eigenvalue weighted by molar-refractivity contribution is -0.301. The van der Waals surface area contributed by atoms with Gasteiger partial charge in [-0.15, -0.1) is 0 Å². The molecule has 0 spiro atoms. The fourth-order valence-corrected chi connectivity index (χ4v) is 8.27. The van der Waals surface area contributed by atoms with Crippen molar-refractivity contribution in [2.75, 3.05) is 26.4 Å². The fourth-order valence-electron chi connectivity index (χ4n) is 7.76. The summed E-state index contributed by atoms with van der Waals surface area (Å²) >= 11 is 0. The maximum absolute atomic E-state index is 12.9. The smallest absolute Gasteiger partial charge is 0.397 e. The van der Waals surface area contributed by atoms with Crippen molar-refractivity contribution in [1.82, 2.24) is 0 Å². The molecular formula is C53H94O12S. The molecule has 1 aliphatic heterocycles. The normalized spacial score (nSPS) is 20.0. The Labute approximate surface area is 401 Å². The third-order valence-electron chi connectivity index (χ3n) is 11.7. The highest BCUT2D eigenvalue weighted by atomic mass is 32.3. The molecule has 66 heavy (non-hydrogen) atoms. The van der Waals surface area contributed by atoms with E-state index in [4.69, 9.17) is 18.9 Å². The van der Waals surface area contributed by atoms with Gasteiger partial charge >= 0.3 is 16.4 Å². The summed E-state index contributed by atoms with van der Waals surface area (Å²) in [5.41, 5.74) is 0. The van der Waals surface area contributed by atoms with Gasteiger partial charge in [0.15, 0.2) is 6.29 Å². The van der Waals surface area contributed by atoms with Gasteiger partial charge in [-0.3, -0.25) is 9.35 Å². The van der Waals surface area contributed by atoms with Crippen molar-refractivity contribution in [3.05, 3.63) is 60.8 Å². The van der Waals surface area contributed by atoms with Crippen LogP contribution in [0.3, 0.4) is 0 Å². The molecule has 1 heterocycles. The zero-order valence-corrected chi connectivity index (χ0v) is 42.1. The standard InChI is InChI=1S/C53H94O12S/c1-3-5-7-9-11-13-15-17-19-21-22-23-24-25-27-29-31-33-35-37-39-41-43-61-45-47(46-62-53-51(57)52(65-66(58,59)60)50(56)48(44-54)64-53)63-49(55)42-40-38-36-34-32-30-28-26-20-18-16-14-12-10-8-6-4-2/h5,7,11,13,17,19,22-23,25,27,47-48,50-54,56-57H,3-4,6,8-10,12,14-16,18,20-21,24,26,28-46H2,1-2H3,(H,58,59,60)/b7-5-,13-11-,19-17-,23-22-,27-25-. The second-order valence-corrected chi connectivity index (χ2v) is 18.8. The van der Waals surface area contributed by atoms with Crippen molar-refractivity contribution in [3.63, 3.8) is 0 Å². The molecule has 384 valence electrons. The lowest BCUT2D eigenvalue weighted by Gasteiger charge is -2.41. The molecule has 6 unspecified atom stereocenters. The predicted molar refractivity (Wildman–Crippen MR) is 266 cm³/mol. The topological polar surface area (TPSA) is 178 Å². The van der Waals surface area contributed by atoms with Gasteiger partial charge in [-0.1, -0.05) is 203 Å². The number of aliphatic hydroxyl groups excluding tert-OH is 3. The SMILES string of the molecule is CC/C=C\C/C=C\C/C=C\C/C=C\C/C=C\CCCCCCCCOCC(COC1OC(CO)C(O)C(OS(=O)(=O)O)C1O)OC(=O)CCCCCCCCCCCCCCCCCCC. The van der Waals surface area contributed by atoms with Crippen LogP contribution in [-0.4, -0.2) is 97.5 Å².